The standard InChI is InChI=1S/C14H20N2O/c1-4-9-15-14(17)11(3)16-13-8-6-7-12(5-2)10-13/h4,6-8,10-11,16H,1,5,9H2,2-3H3,(H,15,17)/t11-/m0/s1. The number of anilines is 1. The Bertz CT molecular complexity index is 388. The number of hydrogen-bond acceptors (Lipinski definition) is 2. The predicted octanol–water partition coefficient (Wildman–Crippen LogP) is 2.35. The number of aryl methyl sites for hydroxylation is 1. The lowest BCUT2D eigenvalue weighted by atomic mass is 10.1. The van der Waals surface area contributed by atoms with Gasteiger partial charge in [0, 0.05) is 12.2 Å². The van der Waals surface area contributed by atoms with Crippen LogP contribution in [0.2, 0.25) is 0 Å². The number of benzene rings is 1. The van der Waals surface area contributed by atoms with Crippen LogP contribution in [0.5, 0.6) is 0 Å². The van der Waals surface area contributed by atoms with Gasteiger partial charge in [0.15, 0.2) is 0 Å². The van der Waals surface area contributed by atoms with Gasteiger partial charge in [-0.25, -0.2) is 0 Å². The zero-order chi connectivity index (χ0) is 12.7. The van der Waals surface area contributed by atoms with Crippen molar-refractivity contribution in [1.82, 2.24) is 5.32 Å². The molecule has 1 rings (SSSR count). The van der Waals surface area contributed by atoms with Crippen LogP contribution in [0.1, 0.15) is 19.4 Å². The number of carbonyl (C=O) groups is 1. The lowest BCUT2D eigenvalue weighted by Crippen LogP contribution is -2.37. The zero-order valence-electron chi connectivity index (χ0n) is 10.5. The largest absolute Gasteiger partial charge is 0.374 e. The van der Waals surface area contributed by atoms with Gasteiger partial charge in [-0.2, -0.15) is 0 Å². The van der Waals surface area contributed by atoms with Gasteiger partial charge in [-0.05, 0) is 31.0 Å². The van der Waals surface area contributed by atoms with Crippen molar-refractivity contribution < 1.29 is 4.79 Å². The van der Waals surface area contributed by atoms with Gasteiger partial charge in [-0.1, -0.05) is 25.1 Å². The van der Waals surface area contributed by atoms with Crippen molar-refractivity contribution in [2.45, 2.75) is 26.3 Å². The number of carbonyl (C=O) groups excluding carboxylic acids is 1. The van der Waals surface area contributed by atoms with Gasteiger partial charge < -0.3 is 10.6 Å². The minimum Gasteiger partial charge on any atom is -0.374 e. The van der Waals surface area contributed by atoms with Gasteiger partial charge in [0.2, 0.25) is 5.91 Å². The van der Waals surface area contributed by atoms with Crippen molar-refractivity contribution in [2.75, 3.05) is 11.9 Å². The number of nitrogens with one attached hydrogen (secondary N) is 2. The fourth-order valence-corrected chi connectivity index (χ4v) is 1.52. The summed E-state index contributed by atoms with van der Waals surface area (Å²) in [6, 6.07) is 7.86. The molecule has 2 N–H and O–H groups in total. The highest BCUT2D eigenvalue weighted by atomic mass is 16.2. The van der Waals surface area contributed by atoms with E-state index in [1.807, 2.05) is 19.1 Å². The summed E-state index contributed by atoms with van der Waals surface area (Å²) in [5.41, 5.74) is 2.24. The molecular formula is C14H20N2O. The lowest BCUT2D eigenvalue weighted by molar-refractivity contribution is -0.121. The maximum Gasteiger partial charge on any atom is 0.242 e. The minimum absolute atomic E-state index is 0.0215. The minimum atomic E-state index is -0.248. The molecule has 0 saturated heterocycles. The molecular weight excluding hydrogens is 212 g/mol. The van der Waals surface area contributed by atoms with Crippen LogP contribution < -0.4 is 10.6 Å². The van der Waals surface area contributed by atoms with Gasteiger partial charge in [-0.3, -0.25) is 4.79 Å². The van der Waals surface area contributed by atoms with E-state index in [4.69, 9.17) is 0 Å². The number of amides is 1. The molecule has 1 aromatic carbocycles. The zero-order valence-corrected chi connectivity index (χ0v) is 10.5. The molecule has 0 saturated carbocycles. The van der Waals surface area contributed by atoms with E-state index < -0.39 is 0 Å². The Hall–Kier alpha value is -1.77. The van der Waals surface area contributed by atoms with Gasteiger partial charge in [0.05, 0.1) is 0 Å². The average Bonchev–Trinajstić information content (AvgIpc) is 2.36. The molecule has 0 unspecified atom stereocenters. The average molecular weight is 232 g/mol. The monoisotopic (exact) mass is 232 g/mol. The first-order chi connectivity index (χ1) is 8.17. The van der Waals surface area contributed by atoms with Crippen molar-refractivity contribution in [1.29, 1.82) is 0 Å². The predicted molar refractivity (Wildman–Crippen MR) is 72.1 cm³/mol. The molecule has 0 heterocycles. The van der Waals surface area contributed by atoms with E-state index in [-0.39, 0.29) is 11.9 Å². The quantitative estimate of drug-likeness (QED) is 0.739. The molecule has 1 aromatic rings. The molecule has 3 heteroatoms. The Morgan fingerprint density at radius 1 is 1.53 bits per heavy atom. The van der Waals surface area contributed by atoms with Crippen molar-refractivity contribution in [3.05, 3.63) is 42.5 Å². The van der Waals surface area contributed by atoms with Gasteiger partial charge >= 0.3 is 0 Å². The third kappa shape index (κ3) is 4.31. The van der Waals surface area contributed by atoms with E-state index in [1.54, 1.807) is 6.08 Å². The Labute approximate surface area is 103 Å². The first kappa shape index (κ1) is 13.3. The SMILES string of the molecule is C=CCNC(=O)[C@H](C)Nc1cccc(CC)c1. The number of rotatable bonds is 6. The normalized spacial score (nSPS) is 11.6. The second kappa shape index (κ2) is 6.74. The smallest absolute Gasteiger partial charge is 0.242 e. The van der Waals surface area contributed by atoms with E-state index in [0.29, 0.717) is 6.54 Å². The van der Waals surface area contributed by atoms with Crippen molar-refractivity contribution in [3.8, 4) is 0 Å². The summed E-state index contributed by atoms with van der Waals surface area (Å²) in [7, 11) is 0. The number of hydrogen-bond donors (Lipinski definition) is 2. The Morgan fingerprint density at radius 2 is 2.29 bits per heavy atom. The van der Waals surface area contributed by atoms with E-state index in [1.165, 1.54) is 5.56 Å². The molecule has 0 aromatic heterocycles. The highest BCUT2D eigenvalue weighted by Crippen LogP contribution is 2.12. The van der Waals surface area contributed by atoms with Crippen LogP contribution in [0.3, 0.4) is 0 Å². The highest BCUT2D eigenvalue weighted by molar-refractivity contribution is 5.84. The lowest BCUT2D eigenvalue weighted by Gasteiger charge is -2.15. The van der Waals surface area contributed by atoms with Crippen molar-refractivity contribution in [3.63, 3.8) is 0 Å². The second-order valence-electron chi connectivity index (χ2n) is 3.95. The summed E-state index contributed by atoms with van der Waals surface area (Å²) >= 11 is 0. The molecule has 0 aliphatic heterocycles. The maximum atomic E-state index is 11.6. The van der Waals surface area contributed by atoms with Crippen LogP contribution in [-0.4, -0.2) is 18.5 Å². The Kier molecular flexibility index (Phi) is 5.27. The molecule has 0 radical (unpaired) electrons. The van der Waals surface area contributed by atoms with Gasteiger partial charge in [0.25, 0.3) is 0 Å². The maximum absolute atomic E-state index is 11.6. The fraction of sp³-hybridized carbons (Fsp3) is 0.357. The first-order valence-corrected chi connectivity index (χ1v) is 5.91. The van der Waals surface area contributed by atoms with Gasteiger partial charge in [-0.15, -0.1) is 6.58 Å². The van der Waals surface area contributed by atoms with Crippen LogP contribution in [0.15, 0.2) is 36.9 Å². The fourth-order valence-electron chi connectivity index (χ4n) is 1.52. The third-order valence-electron chi connectivity index (χ3n) is 2.53. The Morgan fingerprint density at radius 3 is 2.94 bits per heavy atom. The molecule has 0 aliphatic carbocycles. The van der Waals surface area contributed by atoms with Crippen LogP contribution in [0.25, 0.3) is 0 Å². The first-order valence-electron chi connectivity index (χ1n) is 5.91. The summed E-state index contributed by atoms with van der Waals surface area (Å²) in [4.78, 5) is 11.6. The third-order valence-corrected chi connectivity index (χ3v) is 2.53. The second-order valence-corrected chi connectivity index (χ2v) is 3.95. The molecule has 0 aliphatic rings. The molecule has 0 bridgehead atoms. The molecule has 0 spiro atoms. The van der Waals surface area contributed by atoms with Crippen molar-refractivity contribution in [2.24, 2.45) is 0 Å². The molecule has 0 fully saturated rings. The Balaban J connectivity index is 2.57. The summed E-state index contributed by atoms with van der Waals surface area (Å²) in [6.45, 7) is 8.02. The topological polar surface area (TPSA) is 41.1 Å². The molecule has 92 valence electrons. The summed E-state index contributed by atoms with van der Waals surface area (Å²) in [5.74, 6) is -0.0215. The van der Waals surface area contributed by atoms with E-state index in [0.717, 1.165) is 12.1 Å². The van der Waals surface area contributed by atoms with Crippen LogP contribution in [-0.2, 0) is 11.2 Å². The van der Waals surface area contributed by atoms with Gasteiger partial charge in [0.1, 0.15) is 6.04 Å². The van der Waals surface area contributed by atoms with Crippen molar-refractivity contribution >= 4 is 11.6 Å². The van der Waals surface area contributed by atoms with E-state index >= 15 is 0 Å². The molecule has 1 atom stereocenters. The molecule has 17 heavy (non-hydrogen) atoms. The van der Waals surface area contributed by atoms with E-state index in [2.05, 4.69) is 36.3 Å². The molecule has 3 nitrogen and oxygen atoms in total. The van der Waals surface area contributed by atoms with Crippen LogP contribution in [0, 0.1) is 0 Å². The summed E-state index contributed by atoms with van der Waals surface area (Å²) < 4.78 is 0. The summed E-state index contributed by atoms with van der Waals surface area (Å²) in [5, 5.41) is 5.94. The molecule has 1 amide bonds. The van der Waals surface area contributed by atoms with Crippen LogP contribution in [0.4, 0.5) is 5.69 Å². The highest BCUT2D eigenvalue weighted by Gasteiger charge is 2.10. The summed E-state index contributed by atoms with van der Waals surface area (Å²) in [6.07, 6.45) is 2.66. The van der Waals surface area contributed by atoms with Crippen LogP contribution >= 0.6 is 0 Å². The van der Waals surface area contributed by atoms with E-state index in [9.17, 15) is 4.79 Å².